The van der Waals surface area contributed by atoms with Crippen LogP contribution < -0.4 is 5.32 Å². The zero-order valence-corrected chi connectivity index (χ0v) is 17.3. The van der Waals surface area contributed by atoms with Crippen LogP contribution in [0.5, 0.6) is 0 Å². The van der Waals surface area contributed by atoms with Crippen LogP contribution in [-0.4, -0.2) is 31.2 Å². The Morgan fingerprint density at radius 3 is 2.33 bits per heavy atom. The summed E-state index contributed by atoms with van der Waals surface area (Å²) in [6.45, 7) is 5.72. The number of halogens is 1. The van der Waals surface area contributed by atoms with E-state index in [-0.39, 0.29) is 35.9 Å². The van der Waals surface area contributed by atoms with Crippen molar-refractivity contribution in [1.29, 1.82) is 0 Å². The summed E-state index contributed by atoms with van der Waals surface area (Å²) in [6, 6.07) is 15.2. The van der Waals surface area contributed by atoms with Crippen molar-refractivity contribution >= 4 is 27.5 Å². The highest BCUT2D eigenvalue weighted by Crippen LogP contribution is 2.21. The number of amides is 1. The van der Waals surface area contributed by atoms with Crippen LogP contribution in [0.1, 0.15) is 26.3 Å². The predicted molar refractivity (Wildman–Crippen MR) is 108 cm³/mol. The van der Waals surface area contributed by atoms with Gasteiger partial charge in [0.05, 0.1) is 11.4 Å². The minimum atomic E-state index is -3.88. The van der Waals surface area contributed by atoms with Gasteiger partial charge in [-0.3, -0.25) is 4.79 Å². The second-order valence-electron chi connectivity index (χ2n) is 6.82. The van der Waals surface area contributed by atoms with Crippen molar-refractivity contribution in [3.05, 3.63) is 65.2 Å². The number of sulfonamides is 1. The van der Waals surface area contributed by atoms with E-state index in [2.05, 4.69) is 5.32 Å². The Morgan fingerprint density at radius 2 is 1.74 bits per heavy atom. The number of nitrogens with one attached hydrogen (secondary N) is 1. The van der Waals surface area contributed by atoms with Gasteiger partial charge in [-0.1, -0.05) is 61.8 Å². The first kappa shape index (κ1) is 21.4. The molecule has 1 unspecified atom stereocenters. The predicted octanol–water partition coefficient (Wildman–Crippen LogP) is 3.69. The molecule has 0 fully saturated rings. The van der Waals surface area contributed by atoms with Gasteiger partial charge >= 0.3 is 0 Å². The second-order valence-corrected chi connectivity index (χ2v) is 9.19. The molecule has 0 aliphatic heterocycles. The second kappa shape index (κ2) is 9.35. The zero-order valence-electron chi connectivity index (χ0n) is 15.7. The van der Waals surface area contributed by atoms with Crippen molar-refractivity contribution in [2.45, 2.75) is 38.3 Å². The van der Waals surface area contributed by atoms with E-state index in [0.717, 1.165) is 5.56 Å². The van der Waals surface area contributed by atoms with Crippen LogP contribution in [0.15, 0.2) is 59.5 Å². The minimum Gasteiger partial charge on any atom is -0.352 e. The summed E-state index contributed by atoms with van der Waals surface area (Å²) < 4.78 is 27.4. The lowest BCUT2D eigenvalue weighted by molar-refractivity contribution is -0.122. The van der Waals surface area contributed by atoms with Crippen molar-refractivity contribution in [2.24, 2.45) is 5.92 Å². The smallest absolute Gasteiger partial charge is 0.243 e. The zero-order chi connectivity index (χ0) is 20.0. The van der Waals surface area contributed by atoms with Gasteiger partial charge in [0.2, 0.25) is 15.9 Å². The first-order valence-electron chi connectivity index (χ1n) is 8.79. The van der Waals surface area contributed by atoms with Gasteiger partial charge in [-0.05, 0) is 36.6 Å². The van der Waals surface area contributed by atoms with Crippen molar-refractivity contribution in [1.82, 2.24) is 9.62 Å². The van der Waals surface area contributed by atoms with E-state index in [1.165, 1.54) is 16.4 Å². The van der Waals surface area contributed by atoms with E-state index in [9.17, 15) is 13.2 Å². The third-order valence-corrected chi connectivity index (χ3v) is 6.37. The molecule has 2 aromatic rings. The van der Waals surface area contributed by atoms with Crippen molar-refractivity contribution in [3.63, 3.8) is 0 Å². The summed E-state index contributed by atoms with van der Waals surface area (Å²) in [5, 5.41) is 3.19. The molecular formula is C20H25ClN2O3S. The van der Waals surface area contributed by atoms with Crippen LogP contribution in [0.2, 0.25) is 5.02 Å². The lowest BCUT2D eigenvalue weighted by atomic mass is 10.1. The molecule has 1 N–H and O–H groups in total. The fourth-order valence-electron chi connectivity index (χ4n) is 2.42. The quantitative estimate of drug-likeness (QED) is 0.724. The van der Waals surface area contributed by atoms with E-state index < -0.39 is 10.0 Å². The molecule has 0 saturated heterocycles. The molecule has 0 bridgehead atoms. The van der Waals surface area contributed by atoms with Crippen LogP contribution >= 0.6 is 11.6 Å². The van der Waals surface area contributed by atoms with Crippen molar-refractivity contribution in [2.75, 3.05) is 6.54 Å². The van der Waals surface area contributed by atoms with Crippen molar-refractivity contribution < 1.29 is 13.2 Å². The fourth-order valence-corrected chi connectivity index (χ4v) is 4.10. The van der Waals surface area contributed by atoms with Crippen LogP contribution in [-0.2, 0) is 21.4 Å². The molecule has 0 heterocycles. The average Bonchev–Trinajstić information content (AvgIpc) is 2.61. The number of hydrogen-bond donors (Lipinski definition) is 1. The summed E-state index contributed by atoms with van der Waals surface area (Å²) >= 11 is 5.96. The van der Waals surface area contributed by atoms with Crippen LogP contribution in [0.25, 0.3) is 0 Å². The number of rotatable bonds is 8. The number of benzene rings is 2. The summed E-state index contributed by atoms with van der Waals surface area (Å²) in [4.78, 5) is 12.5. The number of hydrogen-bond acceptors (Lipinski definition) is 3. The summed E-state index contributed by atoms with van der Waals surface area (Å²) in [7, 11) is -3.88. The molecule has 0 spiro atoms. The Morgan fingerprint density at radius 1 is 1.07 bits per heavy atom. The number of carbonyl (C=O) groups is 1. The number of carbonyl (C=O) groups excluding carboxylic acids is 1. The van der Waals surface area contributed by atoms with Crippen LogP contribution in [0, 0.1) is 5.92 Å². The van der Waals surface area contributed by atoms with Crippen LogP contribution in [0.3, 0.4) is 0 Å². The number of nitrogens with zero attached hydrogens (tertiary/aromatic N) is 1. The molecule has 0 aromatic heterocycles. The molecule has 0 saturated carbocycles. The van der Waals surface area contributed by atoms with Gasteiger partial charge < -0.3 is 5.32 Å². The van der Waals surface area contributed by atoms with Gasteiger partial charge in [0.1, 0.15) is 0 Å². The molecule has 7 heteroatoms. The van der Waals surface area contributed by atoms with E-state index in [1.807, 2.05) is 51.1 Å². The third-order valence-electron chi connectivity index (χ3n) is 4.34. The Bertz CT molecular complexity index is 870. The van der Waals surface area contributed by atoms with Crippen LogP contribution in [0.4, 0.5) is 0 Å². The first-order valence-corrected chi connectivity index (χ1v) is 10.6. The molecule has 27 heavy (non-hydrogen) atoms. The Kier molecular flexibility index (Phi) is 7.41. The molecule has 1 atom stereocenters. The summed E-state index contributed by atoms with van der Waals surface area (Å²) in [5.41, 5.74) is 0.799. The summed E-state index contributed by atoms with van der Waals surface area (Å²) in [5.74, 6) is -0.0844. The standard InChI is InChI=1S/C20H25ClN2O3S/c1-15(2)16(3)22-20(24)14-23(13-17-8-5-4-6-9-17)27(25,26)19-11-7-10-18(21)12-19/h4-12,15-16H,13-14H2,1-3H3,(H,22,24). The van der Waals surface area contributed by atoms with Gasteiger partial charge in [-0.2, -0.15) is 4.31 Å². The van der Waals surface area contributed by atoms with Gasteiger partial charge in [0.15, 0.2) is 0 Å². The normalized spacial score (nSPS) is 13.0. The van der Waals surface area contributed by atoms with E-state index in [1.54, 1.807) is 12.1 Å². The molecule has 2 rings (SSSR count). The van der Waals surface area contributed by atoms with E-state index in [0.29, 0.717) is 5.02 Å². The summed E-state index contributed by atoms with van der Waals surface area (Å²) in [6.07, 6.45) is 0. The van der Waals surface area contributed by atoms with Gasteiger partial charge in [-0.25, -0.2) is 8.42 Å². The monoisotopic (exact) mass is 408 g/mol. The molecule has 2 aromatic carbocycles. The lowest BCUT2D eigenvalue weighted by Crippen LogP contribution is -2.44. The SMILES string of the molecule is CC(C)C(C)NC(=O)CN(Cc1ccccc1)S(=O)(=O)c1cccc(Cl)c1. The molecule has 1 amide bonds. The Balaban J connectivity index is 2.30. The molecule has 0 aliphatic rings. The topological polar surface area (TPSA) is 66.5 Å². The highest BCUT2D eigenvalue weighted by atomic mass is 35.5. The van der Waals surface area contributed by atoms with E-state index >= 15 is 0 Å². The highest BCUT2D eigenvalue weighted by molar-refractivity contribution is 7.89. The third kappa shape index (κ3) is 6.06. The average molecular weight is 409 g/mol. The first-order chi connectivity index (χ1) is 12.7. The molecule has 5 nitrogen and oxygen atoms in total. The largest absolute Gasteiger partial charge is 0.352 e. The maximum absolute atomic E-state index is 13.1. The molecule has 146 valence electrons. The molecule has 0 aliphatic carbocycles. The maximum atomic E-state index is 13.1. The highest BCUT2D eigenvalue weighted by Gasteiger charge is 2.27. The van der Waals surface area contributed by atoms with Crippen molar-refractivity contribution in [3.8, 4) is 0 Å². The molecule has 0 radical (unpaired) electrons. The minimum absolute atomic E-state index is 0.0510. The van der Waals surface area contributed by atoms with E-state index in [4.69, 9.17) is 11.6 Å². The maximum Gasteiger partial charge on any atom is 0.243 e. The lowest BCUT2D eigenvalue weighted by Gasteiger charge is -2.24. The van der Waals surface area contributed by atoms with Gasteiger partial charge in [0.25, 0.3) is 0 Å². The fraction of sp³-hybridized carbons (Fsp3) is 0.350. The van der Waals surface area contributed by atoms with Gasteiger partial charge in [0, 0.05) is 17.6 Å². The van der Waals surface area contributed by atoms with Gasteiger partial charge in [-0.15, -0.1) is 0 Å². The molecular weight excluding hydrogens is 384 g/mol. The Labute approximate surface area is 166 Å². The Hall–Kier alpha value is -1.89.